The Morgan fingerprint density at radius 2 is 1.70 bits per heavy atom. The van der Waals surface area contributed by atoms with Crippen molar-refractivity contribution in [1.82, 2.24) is 4.90 Å². The number of hydrogen-bond acceptors (Lipinski definition) is 4. The smallest absolute Gasteiger partial charge is 0.372 e. The van der Waals surface area contributed by atoms with E-state index >= 15 is 0 Å². The van der Waals surface area contributed by atoms with Crippen LogP contribution in [0.15, 0.2) is 36.4 Å². The summed E-state index contributed by atoms with van der Waals surface area (Å²) in [5.74, 6) is -0.646. The minimum atomic E-state index is -0.646. The van der Waals surface area contributed by atoms with Crippen molar-refractivity contribution < 1.29 is 14.3 Å². The molecule has 0 N–H and O–H groups in total. The lowest BCUT2D eigenvalue weighted by Gasteiger charge is -2.25. The third-order valence-corrected chi connectivity index (χ3v) is 4.00. The molecule has 2 aromatic carbocycles. The molecule has 2 aromatic rings. The second-order valence-electron chi connectivity index (χ2n) is 5.59. The molecular formula is C18H16N2O3. The fraction of sp³-hybridized carbons (Fsp3) is 0.278. The fourth-order valence-corrected chi connectivity index (χ4v) is 2.72. The van der Waals surface area contributed by atoms with Crippen LogP contribution in [0.25, 0.3) is 10.8 Å². The van der Waals surface area contributed by atoms with Gasteiger partial charge in [-0.25, -0.2) is 9.59 Å². The van der Waals surface area contributed by atoms with Gasteiger partial charge in [-0.15, -0.1) is 0 Å². The number of rotatable bonds is 1. The van der Waals surface area contributed by atoms with E-state index in [1.165, 1.54) is 0 Å². The number of ether oxygens (including phenoxy) is 1. The van der Waals surface area contributed by atoms with Crippen LogP contribution in [0.3, 0.4) is 0 Å². The summed E-state index contributed by atoms with van der Waals surface area (Å²) in [5, 5.41) is 10.6. The summed E-state index contributed by atoms with van der Waals surface area (Å²) in [6, 6.07) is 12.3. The average Bonchev–Trinajstić information content (AvgIpc) is 2.61. The van der Waals surface area contributed by atoms with E-state index < -0.39 is 12.1 Å². The van der Waals surface area contributed by atoms with Gasteiger partial charge in [-0.05, 0) is 54.3 Å². The highest BCUT2D eigenvalue weighted by Gasteiger charge is 2.21. The molecule has 0 atom stereocenters. The van der Waals surface area contributed by atoms with E-state index in [0.29, 0.717) is 24.2 Å². The highest BCUT2D eigenvalue weighted by atomic mass is 16.6. The molecule has 0 unspecified atom stereocenters. The third kappa shape index (κ3) is 3.32. The lowest BCUT2D eigenvalue weighted by atomic mass is 10.0. The highest BCUT2D eigenvalue weighted by molar-refractivity contribution is 5.99. The van der Waals surface area contributed by atoms with Crippen LogP contribution in [0.1, 0.15) is 35.2 Å². The molecule has 1 heterocycles. The minimum absolute atomic E-state index is 0.326. The number of hydrogen-bond donors (Lipinski definition) is 0. The van der Waals surface area contributed by atoms with Crippen molar-refractivity contribution in [2.24, 2.45) is 0 Å². The zero-order valence-electron chi connectivity index (χ0n) is 12.6. The maximum Gasteiger partial charge on any atom is 0.417 e. The molecule has 1 amide bonds. The first-order valence-electron chi connectivity index (χ1n) is 7.62. The van der Waals surface area contributed by atoms with Gasteiger partial charge in [0, 0.05) is 13.1 Å². The summed E-state index contributed by atoms with van der Waals surface area (Å²) in [6.07, 6.45) is 2.42. The topological polar surface area (TPSA) is 70.4 Å². The van der Waals surface area contributed by atoms with Gasteiger partial charge in [0.25, 0.3) is 0 Å². The van der Waals surface area contributed by atoms with Crippen molar-refractivity contribution in [3.05, 3.63) is 47.5 Å². The van der Waals surface area contributed by atoms with Gasteiger partial charge in [-0.2, -0.15) is 5.26 Å². The predicted octanol–water partition coefficient (Wildman–Crippen LogP) is 3.47. The zero-order chi connectivity index (χ0) is 16.2. The second kappa shape index (κ2) is 6.49. The van der Waals surface area contributed by atoms with Crippen molar-refractivity contribution in [3.63, 3.8) is 0 Å². The number of nitrogens with zero attached hydrogens (tertiary/aromatic N) is 2. The summed E-state index contributed by atoms with van der Waals surface area (Å²) in [6.45, 7) is 1.28. The van der Waals surface area contributed by atoms with Gasteiger partial charge in [0.05, 0.1) is 17.2 Å². The molecule has 0 aliphatic carbocycles. The molecular weight excluding hydrogens is 292 g/mol. The number of fused-ring (bicyclic) bond motifs is 1. The molecule has 5 nitrogen and oxygen atoms in total. The summed E-state index contributed by atoms with van der Waals surface area (Å²) >= 11 is 0. The molecule has 1 saturated heterocycles. The van der Waals surface area contributed by atoms with Gasteiger partial charge in [-0.3, -0.25) is 0 Å². The van der Waals surface area contributed by atoms with Crippen LogP contribution in [-0.2, 0) is 4.74 Å². The number of carbonyl (C=O) groups is 2. The first-order valence-corrected chi connectivity index (χ1v) is 7.62. The van der Waals surface area contributed by atoms with Crippen molar-refractivity contribution in [3.8, 4) is 6.07 Å². The lowest BCUT2D eigenvalue weighted by Crippen LogP contribution is -2.37. The summed E-state index contributed by atoms with van der Waals surface area (Å²) in [7, 11) is 0. The van der Waals surface area contributed by atoms with E-state index in [9.17, 15) is 9.59 Å². The van der Waals surface area contributed by atoms with E-state index in [1.54, 1.807) is 41.3 Å². The monoisotopic (exact) mass is 308 g/mol. The molecule has 5 heteroatoms. The Morgan fingerprint density at radius 3 is 2.43 bits per heavy atom. The molecule has 0 bridgehead atoms. The number of likely N-dealkylation sites (tertiary alicyclic amines) is 1. The van der Waals surface area contributed by atoms with E-state index in [1.807, 2.05) is 0 Å². The summed E-state index contributed by atoms with van der Waals surface area (Å²) in [5.41, 5.74) is 0.890. The number of amides is 1. The van der Waals surface area contributed by atoms with Gasteiger partial charge >= 0.3 is 12.1 Å². The Morgan fingerprint density at radius 1 is 1.00 bits per heavy atom. The zero-order valence-corrected chi connectivity index (χ0v) is 12.6. The normalized spacial score (nSPS) is 14.3. The number of esters is 1. The number of benzene rings is 2. The average molecular weight is 308 g/mol. The maximum atomic E-state index is 12.1. The standard InChI is InChI=1S/C18H16N2O3/c19-12-13-4-5-15-11-16(7-6-14(15)10-13)17(21)23-18(22)20-8-2-1-3-9-20/h4-7,10-11H,1-3,8-9H2. The third-order valence-electron chi connectivity index (χ3n) is 4.00. The number of piperidine rings is 1. The van der Waals surface area contributed by atoms with Crippen molar-refractivity contribution in [1.29, 1.82) is 5.26 Å². The molecule has 1 aliphatic heterocycles. The fourth-order valence-electron chi connectivity index (χ4n) is 2.72. The number of carbonyl (C=O) groups excluding carboxylic acids is 2. The van der Waals surface area contributed by atoms with Crippen LogP contribution < -0.4 is 0 Å². The molecule has 3 rings (SSSR count). The second-order valence-corrected chi connectivity index (χ2v) is 5.59. The van der Waals surface area contributed by atoms with E-state index in [0.717, 1.165) is 30.0 Å². The largest absolute Gasteiger partial charge is 0.417 e. The Balaban J connectivity index is 1.75. The quantitative estimate of drug-likeness (QED) is 0.597. The van der Waals surface area contributed by atoms with Crippen LogP contribution in [0, 0.1) is 11.3 Å². The van der Waals surface area contributed by atoms with E-state index in [4.69, 9.17) is 10.00 Å². The predicted molar refractivity (Wildman–Crippen MR) is 84.9 cm³/mol. The SMILES string of the molecule is N#Cc1ccc2cc(C(=O)OC(=O)N3CCCCC3)ccc2c1. The van der Waals surface area contributed by atoms with E-state index in [-0.39, 0.29) is 0 Å². The maximum absolute atomic E-state index is 12.1. The van der Waals surface area contributed by atoms with Gasteiger partial charge in [0.2, 0.25) is 0 Å². The van der Waals surface area contributed by atoms with Gasteiger partial charge in [0.1, 0.15) is 0 Å². The molecule has 1 aliphatic rings. The van der Waals surface area contributed by atoms with Gasteiger partial charge in [-0.1, -0.05) is 12.1 Å². The van der Waals surface area contributed by atoms with Crippen molar-refractivity contribution in [2.75, 3.05) is 13.1 Å². The molecule has 0 saturated carbocycles. The van der Waals surface area contributed by atoms with Gasteiger partial charge < -0.3 is 9.64 Å². The van der Waals surface area contributed by atoms with Crippen LogP contribution in [0.4, 0.5) is 4.79 Å². The Bertz CT molecular complexity index is 802. The Kier molecular flexibility index (Phi) is 4.24. The highest BCUT2D eigenvalue weighted by Crippen LogP contribution is 2.19. The number of nitriles is 1. The first kappa shape index (κ1) is 15.0. The Hall–Kier alpha value is -2.87. The minimum Gasteiger partial charge on any atom is -0.372 e. The molecule has 23 heavy (non-hydrogen) atoms. The van der Waals surface area contributed by atoms with E-state index in [2.05, 4.69) is 6.07 Å². The molecule has 0 aromatic heterocycles. The molecule has 116 valence electrons. The van der Waals surface area contributed by atoms with Crippen LogP contribution >= 0.6 is 0 Å². The summed E-state index contributed by atoms with van der Waals surface area (Å²) in [4.78, 5) is 25.7. The van der Waals surface area contributed by atoms with Crippen LogP contribution in [0.2, 0.25) is 0 Å². The first-order chi connectivity index (χ1) is 11.2. The molecule has 0 radical (unpaired) electrons. The van der Waals surface area contributed by atoms with Gasteiger partial charge in [0.15, 0.2) is 0 Å². The lowest BCUT2D eigenvalue weighted by molar-refractivity contribution is 0.0527. The Labute approximate surface area is 134 Å². The molecule has 0 spiro atoms. The van der Waals surface area contributed by atoms with Crippen molar-refractivity contribution >= 4 is 22.8 Å². The van der Waals surface area contributed by atoms with Crippen molar-refractivity contribution in [2.45, 2.75) is 19.3 Å². The van der Waals surface area contributed by atoms with Crippen LogP contribution in [0.5, 0.6) is 0 Å². The van der Waals surface area contributed by atoms with Crippen LogP contribution in [-0.4, -0.2) is 30.1 Å². The molecule has 1 fully saturated rings. The summed E-state index contributed by atoms with van der Waals surface area (Å²) < 4.78 is 4.97.